The van der Waals surface area contributed by atoms with Gasteiger partial charge in [0, 0.05) is 16.7 Å². The third kappa shape index (κ3) is 11.6. The van der Waals surface area contributed by atoms with E-state index in [9.17, 15) is 22.8 Å². The van der Waals surface area contributed by atoms with Crippen LogP contribution < -0.4 is 10.6 Å². The average molecular weight is 569 g/mol. The zero-order valence-corrected chi connectivity index (χ0v) is 24.0. The molecule has 0 spiro atoms. The topological polar surface area (TPSA) is 137 Å². The van der Waals surface area contributed by atoms with E-state index in [1.165, 1.54) is 7.11 Å². The van der Waals surface area contributed by atoms with Gasteiger partial charge in [-0.2, -0.15) is 8.42 Å². The van der Waals surface area contributed by atoms with Gasteiger partial charge in [-0.3, -0.25) is 8.98 Å². The number of amides is 2. The summed E-state index contributed by atoms with van der Waals surface area (Å²) in [4.78, 5) is 37.2. The number of carbonyl (C=O) groups excluding carboxylic acids is 3. The Labute approximate surface area is 234 Å². The molecule has 40 heavy (non-hydrogen) atoms. The number of methoxy groups -OCH3 is 1. The van der Waals surface area contributed by atoms with Crippen molar-refractivity contribution in [1.82, 2.24) is 10.6 Å². The molecule has 2 aromatic carbocycles. The third-order valence-electron chi connectivity index (χ3n) is 5.00. The van der Waals surface area contributed by atoms with Gasteiger partial charge in [-0.25, -0.2) is 9.59 Å². The van der Waals surface area contributed by atoms with Crippen molar-refractivity contribution >= 4 is 28.1 Å². The van der Waals surface area contributed by atoms with E-state index in [1.807, 2.05) is 0 Å². The van der Waals surface area contributed by atoms with E-state index in [2.05, 4.69) is 34.3 Å². The molecule has 2 amide bonds. The molecule has 0 unspecified atom stereocenters. The van der Waals surface area contributed by atoms with Crippen LogP contribution in [0.5, 0.6) is 0 Å². The fourth-order valence-corrected chi connectivity index (χ4v) is 3.44. The summed E-state index contributed by atoms with van der Waals surface area (Å²) in [7, 11) is -2.33. The smallest absolute Gasteiger partial charge is 0.407 e. The van der Waals surface area contributed by atoms with Crippen LogP contribution in [0.2, 0.25) is 0 Å². The zero-order valence-electron chi connectivity index (χ0n) is 23.2. The number of hydrogen-bond acceptors (Lipinski definition) is 8. The molecular formula is C29H32N2O8S. The summed E-state index contributed by atoms with van der Waals surface area (Å²) >= 11 is 0. The second kappa shape index (κ2) is 14.2. The minimum atomic E-state index is -3.51. The predicted molar refractivity (Wildman–Crippen MR) is 148 cm³/mol. The van der Waals surface area contributed by atoms with Crippen molar-refractivity contribution in [1.29, 1.82) is 0 Å². The van der Waals surface area contributed by atoms with Gasteiger partial charge in [0.05, 0.1) is 26.0 Å². The van der Waals surface area contributed by atoms with E-state index in [4.69, 9.17) is 13.7 Å². The average Bonchev–Trinajstić information content (AvgIpc) is 2.87. The summed E-state index contributed by atoms with van der Waals surface area (Å²) in [5, 5.41) is 5.12. The van der Waals surface area contributed by atoms with Gasteiger partial charge < -0.3 is 20.1 Å². The summed E-state index contributed by atoms with van der Waals surface area (Å²) in [5.74, 6) is 9.97. The minimum Gasteiger partial charge on any atom is -0.467 e. The number of ether oxygens (including phenoxy) is 2. The molecule has 0 fully saturated rings. The molecule has 2 N–H and O–H groups in total. The standard InChI is InChI=1S/C29H32N2O8S/c1-20(30-28(34)39-29(2,3)4)25(27(33)37-5)31-26(32)24-17-15-22(16-18-24)10-8-7-9-21-11-13-23(14-12-21)19-38-40(6,35)36/h11-18,20,25H,19H2,1-6H3,(H,30,34)(H,31,32)/t20-,25+/m1/s1. The Hall–Kier alpha value is -4.32. The van der Waals surface area contributed by atoms with E-state index in [0.29, 0.717) is 16.7 Å². The molecule has 0 aliphatic rings. The van der Waals surface area contributed by atoms with Crippen LogP contribution in [-0.2, 0) is 35.2 Å². The summed E-state index contributed by atoms with van der Waals surface area (Å²) in [6.45, 7) is 6.62. The van der Waals surface area contributed by atoms with E-state index >= 15 is 0 Å². The molecule has 0 aliphatic heterocycles. The van der Waals surface area contributed by atoms with Gasteiger partial charge in [0.15, 0.2) is 0 Å². The second-order valence-corrected chi connectivity index (χ2v) is 11.3. The summed E-state index contributed by atoms with van der Waals surface area (Å²) in [6, 6.07) is 11.3. The van der Waals surface area contributed by atoms with Gasteiger partial charge in [-0.1, -0.05) is 24.0 Å². The fraction of sp³-hybridized carbons (Fsp3) is 0.345. The Morgan fingerprint density at radius 3 is 1.90 bits per heavy atom. The first-order valence-corrected chi connectivity index (χ1v) is 13.9. The number of esters is 1. The second-order valence-electron chi connectivity index (χ2n) is 9.65. The Kier molecular flexibility index (Phi) is 11.3. The molecule has 0 aliphatic carbocycles. The lowest BCUT2D eigenvalue weighted by Crippen LogP contribution is -2.55. The first-order chi connectivity index (χ1) is 18.7. The van der Waals surface area contributed by atoms with Crippen LogP contribution in [0.4, 0.5) is 4.79 Å². The molecule has 0 bridgehead atoms. The number of alkyl carbamates (subject to hydrolysis) is 1. The lowest BCUT2D eigenvalue weighted by atomic mass is 10.1. The SMILES string of the molecule is COC(=O)[C@@H](NC(=O)c1ccc(C#CC#Cc2ccc(COS(C)(=O)=O)cc2)cc1)[C@@H](C)NC(=O)OC(C)(C)C. The van der Waals surface area contributed by atoms with Crippen LogP contribution in [0, 0.1) is 23.7 Å². The summed E-state index contributed by atoms with van der Waals surface area (Å²) < 4.78 is 36.9. The highest BCUT2D eigenvalue weighted by Gasteiger charge is 2.30. The van der Waals surface area contributed by atoms with E-state index in [-0.39, 0.29) is 12.2 Å². The van der Waals surface area contributed by atoms with Gasteiger partial charge in [-0.05, 0) is 81.5 Å². The molecule has 212 valence electrons. The molecule has 0 heterocycles. The Morgan fingerprint density at radius 2 is 1.43 bits per heavy atom. The lowest BCUT2D eigenvalue weighted by molar-refractivity contribution is -0.143. The van der Waals surface area contributed by atoms with Gasteiger partial charge in [0.25, 0.3) is 16.0 Å². The molecule has 0 saturated heterocycles. The monoisotopic (exact) mass is 568 g/mol. The summed E-state index contributed by atoms with van der Waals surface area (Å²) in [5.41, 5.74) is 1.55. The highest BCUT2D eigenvalue weighted by atomic mass is 32.2. The van der Waals surface area contributed by atoms with Crippen molar-refractivity contribution < 1.29 is 36.5 Å². The first-order valence-electron chi connectivity index (χ1n) is 12.1. The number of rotatable bonds is 8. The van der Waals surface area contributed by atoms with Crippen molar-refractivity contribution in [2.45, 2.75) is 52.0 Å². The van der Waals surface area contributed by atoms with Crippen molar-refractivity contribution in [2.24, 2.45) is 0 Å². The maximum atomic E-state index is 12.8. The predicted octanol–water partition coefficient (Wildman–Crippen LogP) is 2.75. The van der Waals surface area contributed by atoms with Gasteiger partial charge in [-0.15, -0.1) is 0 Å². The molecule has 2 aromatic rings. The van der Waals surface area contributed by atoms with Crippen LogP contribution in [-0.4, -0.2) is 57.4 Å². The number of carbonyl (C=O) groups is 3. The molecular weight excluding hydrogens is 536 g/mol. The van der Waals surface area contributed by atoms with Crippen LogP contribution in [0.1, 0.15) is 54.7 Å². The molecule has 10 nitrogen and oxygen atoms in total. The van der Waals surface area contributed by atoms with Crippen LogP contribution in [0.25, 0.3) is 0 Å². The molecule has 2 rings (SSSR count). The van der Waals surface area contributed by atoms with Gasteiger partial charge in [0.2, 0.25) is 0 Å². The highest BCUT2D eigenvalue weighted by molar-refractivity contribution is 7.85. The largest absolute Gasteiger partial charge is 0.467 e. The lowest BCUT2D eigenvalue weighted by Gasteiger charge is -2.26. The van der Waals surface area contributed by atoms with Crippen LogP contribution in [0.3, 0.4) is 0 Å². The van der Waals surface area contributed by atoms with Gasteiger partial charge >= 0.3 is 12.1 Å². The Morgan fingerprint density at radius 1 is 0.900 bits per heavy atom. The number of benzene rings is 2. The molecule has 2 atom stereocenters. The van der Waals surface area contributed by atoms with E-state index < -0.39 is 45.8 Å². The van der Waals surface area contributed by atoms with Gasteiger partial charge in [0.1, 0.15) is 11.6 Å². The summed E-state index contributed by atoms with van der Waals surface area (Å²) in [6.07, 6.45) is 0.259. The van der Waals surface area contributed by atoms with E-state index in [0.717, 1.165) is 6.26 Å². The Bertz CT molecular complexity index is 1440. The molecule has 0 saturated carbocycles. The molecule has 11 heteroatoms. The molecule has 0 aromatic heterocycles. The maximum absolute atomic E-state index is 12.8. The number of hydrogen-bond donors (Lipinski definition) is 2. The third-order valence-corrected chi connectivity index (χ3v) is 5.55. The quantitative estimate of drug-likeness (QED) is 0.282. The Balaban J connectivity index is 2.00. The van der Waals surface area contributed by atoms with Crippen molar-refractivity contribution in [3.63, 3.8) is 0 Å². The normalized spacial score (nSPS) is 12.3. The number of nitrogens with one attached hydrogen (secondary N) is 2. The van der Waals surface area contributed by atoms with Crippen molar-refractivity contribution in [3.8, 4) is 23.7 Å². The highest BCUT2D eigenvalue weighted by Crippen LogP contribution is 2.09. The van der Waals surface area contributed by atoms with Crippen molar-refractivity contribution in [3.05, 3.63) is 70.8 Å². The zero-order chi connectivity index (χ0) is 29.9. The maximum Gasteiger partial charge on any atom is 0.407 e. The minimum absolute atomic E-state index is 0.0499. The fourth-order valence-electron chi connectivity index (χ4n) is 3.09. The first kappa shape index (κ1) is 31.9. The van der Waals surface area contributed by atoms with Crippen molar-refractivity contribution in [2.75, 3.05) is 13.4 Å². The molecule has 0 radical (unpaired) electrons. The van der Waals surface area contributed by atoms with Crippen LogP contribution in [0.15, 0.2) is 48.5 Å². The van der Waals surface area contributed by atoms with Crippen LogP contribution >= 0.6 is 0 Å². The van der Waals surface area contributed by atoms with E-state index in [1.54, 1.807) is 76.2 Å².